The monoisotopic (exact) mass is 458 g/mol. The Hall–Kier alpha value is -3.71. The van der Waals surface area contributed by atoms with Crippen LogP contribution in [0.3, 0.4) is 0 Å². The molecule has 1 aliphatic heterocycles. The van der Waals surface area contributed by atoms with Crippen LogP contribution in [-0.4, -0.2) is 21.3 Å². The van der Waals surface area contributed by atoms with Crippen molar-refractivity contribution in [1.29, 1.82) is 0 Å². The summed E-state index contributed by atoms with van der Waals surface area (Å²) < 4.78 is 21.6. The van der Waals surface area contributed by atoms with Gasteiger partial charge in [0.1, 0.15) is 17.6 Å². The number of aromatic nitrogens is 2. The zero-order valence-electron chi connectivity index (χ0n) is 18.1. The molecule has 33 heavy (non-hydrogen) atoms. The summed E-state index contributed by atoms with van der Waals surface area (Å²) in [5.74, 6) is 0.525. The summed E-state index contributed by atoms with van der Waals surface area (Å²) in [5, 5.41) is 4.07. The van der Waals surface area contributed by atoms with E-state index in [1.54, 1.807) is 12.3 Å². The maximum atomic E-state index is 14.0. The van der Waals surface area contributed by atoms with Crippen molar-refractivity contribution in [3.05, 3.63) is 108 Å². The number of nitrogens with one attached hydrogen (secondary N) is 1. The van der Waals surface area contributed by atoms with E-state index >= 15 is 0 Å². The van der Waals surface area contributed by atoms with Crippen molar-refractivity contribution in [2.45, 2.75) is 19.0 Å². The van der Waals surface area contributed by atoms with Gasteiger partial charge in [-0.2, -0.15) is 0 Å². The molecule has 2 atom stereocenters. The Morgan fingerprint density at radius 1 is 1.00 bits per heavy atom. The van der Waals surface area contributed by atoms with E-state index in [9.17, 15) is 4.39 Å². The molecule has 7 heteroatoms. The molecule has 0 unspecified atom stereocenters. The van der Waals surface area contributed by atoms with Gasteiger partial charge in [0.15, 0.2) is 5.11 Å². The summed E-state index contributed by atoms with van der Waals surface area (Å²) in [4.78, 5) is 6.69. The summed E-state index contributed by atoms with van der Waals surface area (Å²) in [7, 11) is 0. The second-order valence-corrected chi connectivity index (χ2v) is 8.09. The summed E-state index contributed by atoms with van der Waals surface area (Å²) in [6.45, 7) is 2.57. The molecule has 1 saturated heterocycles. The first-order chi connectivity index (χ1) is 16.2. The lowest BCUT2D eigenvalue weighted by Gasteiger charge is -2.29. The van der Waals surface area contributed by atoms with Crippen molar-refractivity contribution in [2.24, 2.45) is 0 Å². The zero-order chi connectivity index (χ0) is 22.8. The highest BCUT2D eigenvalue weighted by atomic mass is 32.1. The number of hydrogen-bond acceptors (Lipinski definition) is 3. The average molecular weight is 459 g/mol. The molecule has 5 rings (SSSR count). The molecule has 2 aromatic heterocycles. The number of rotatable bonds is 6. The van der Waals surface area contributed by atoms with E-state index in [0.29, 0.717) is 11.7 Å². The first kappa shape index (κ1) is 21.2. The number of benzene rings is 2. The minimum absolute atomic E-state index is 0.188. The third-order valence-corrected chi connectivity index (χ3v) is 6.01. The maximum Gasteiger partial charge on any atom is 0.174 e. The van der Waals surface area contributed by atoms with Crippen molar-refractivity contribution in [3.8, 4) is 11.4 Å². The summed E-state index contributed by atoms with van der Waals surface area (Å²) >= 11 is 5.80. The Morgan fingerprint density at radius 3 is 2.58 bits per heavy atom. The fraction of sp³-hybridized carbons (Fsp3) is 0.154. The number of hydrogen-bond donors (Lipinski definition) is 1. The number of pyridine rings is 1. The average Bonchev–Trinajstić information content (AvgIpc) is 3.45. The molecule has 0 bridgehead atoms. The predicted octanol–water partition coefficient (Wildman–Crippen LogP) is 5.59. The molecule has 0 aliphatic carbocycles. The lowest BCUT2D eigenvalue weighted by molar-refractivity contribution is 0.340. The molecule has 1 fully saturated rings. The van der Waals surface area contributed by atoms with E-state index in [-0.39, 0.29) is 17.9 Å². The largest absolute Gasteiger partial charge is 0.494 e. The Labute approximate surface area is 197 Å². The summed E-state index contributed by atoms with van der Waals surface area (Å²) in [6.07, 6.45) is 3.72. The van der Waals surface area contributed by atoms with Gasteiger partial charge in [0, 0.05) is 29.5 Å². The Kier molecular flexibility index (Phi) is 5.79. The molecule has 3 heterocycles. The smallest absolute Gasteiger partial charge is 0.174 e. The predicted molar refractivity (Wildman–Crippen MR) is 131 cm³/mol. The van der Waals surface area contributed by atoms with Crippen molar-refractivity contribution < 1.29 is 9.13 Å². The number of thiocarbonyl (C=S) groups is 1. The van der Waals surface area contributed by atoms with Gasteiger partial charge in [-0.25, -0.2) is 4.39 Å². The SMILES string of the molecule is CCOc1ccc(N2C(=S)N[C@@H](c3ccccn3)[C@@H]2c2cccn2-c2cccc(F)c2)cc1. The molecule has 5 nitrogen and oxygen atoms in total. The summed E-state index contributed by atoms with van der Waals surface area (Å²) in [6, 6.07) is 23.9. The van der Waals surface area contributed by atoms with Crippen molar-refractivity contribution in [3.63, 3.8) is 0 Å². The van der Waals surface area contributed by atoms with Gasteiger partial charge >= 0.3 is 0 Å². The van der Waals surface area contributed by atoms with Gasteiger partial charge in [0.05, 0.1) is 18.3 Å². The Bertz CT molecular complexity index is 1260. The molecule has 4 aromatic rings. The van der Waals surface area contributed by atoms with Crippen LogP contribution in [0.4, 0.5) is 10.1 Å². The van der Waals surface area contributed by atoms with Gasteiger partial charge in [-0.15, -0.1) is 0 Å². The lowest BCUT2D eigenvalue weighted by Crippen LogP contribution is -2.30. The minimum atomic E-state index is -0.281. The quantitative estimate of drug-likeness (QED) is 0.382. The van der Waals surface area contributed by atoms with Gasteiger partial charge in [-0.1, -0.05) is 12.1 Å². The molecule has 0 saturated carbocycles. The van der Waals surface area contributed by atoms with E-state index in [1.807, 2.05) is 78.4 Å². The van der Waals surface area contributed by atoms with Gasteiger partial charge in [-0.05, 0) is 85.9 Å². The highest BCUT2D eigenvalue weighted by Crippen LogP contribution is 2.42. The topological polar surface area (TPSA) is 42.3 Å². The van der Waals surface area contributed by atoms with Crippen molar-refractivity contribution in [1.82, 2.24) is 14.9 Å². The molecule has 0 radical (unpaired) electrons. The Morgan fingerprint density at radius 2 is 1.85 bits per heavy atom. The molecule has 1 N–H and O–H groups in total. The molecule has 2 aromatic carbocycles. The van der Waals surface area contributed by atoms with Crippen LogP contribution in [0.5, 0.6) is 5.75 Å². The summed E-state index contributed by atoms with van der Waals surface area (Å²) in [5.41, 5.74) is 3.54. The zero-order valence-corrected chi connectivity index (χ0v) is 18.9. The molecule has 1 aliphatic rings. The standard InChI is InChI=1S/C26H23FN4OS/c1-2-32-21-13-11-19(12-14-21)31-25(24(29-26(31)33)22-9-3-4-15-28-22)23-10-6-16-30(23)20-8-5-7-18(27)17-20/h3-17,24-25H,2H2,1H3,(H,29,33)/t24-,25-/m0/s1. The highest BCUT2D eigenvalue weighted by Gasteiger charge is 2.42. The first-order valence-corrected chi connectivity index (χ1v) is 11.2. The highest BCUT2D eigenvalue weighted by molar-refractivity contribution is 7.80. The van der Waals surface area contributed by atoms with Gasteiger partial charge < -0.3 is 19.5 Å². The Balaban J connectivity index is 1.63. The van der Waals surface area contributed by atoms with Gasteiger partial charge in [-0.3, -0.25) is 4.98 Å². The number of ether oxygens (including phenoxy) is 1. The molecule has 166 valence electrons. The minimum Gasteiger partial charge on any atom is -0.494 e. The molecular formula is C26H23FN4OS. The van der Waals surface area contributed by atoms with Crippen LogP contribution < -0.4 is 15.0 Å². The second-order valence-electron chi connectivity index (χ2n) is 7.71. The van der Waals surface area contributed by atoms with Crippen LogP contribution in [0, 0.1) is 5.82 Å². The van der Waals surface area contributed by atoms with Crippen LogP contribution in [0.2, 0.25) is 0 Å². The van der Waals surface area contributed by atoms with E-state index < -0.39 is 0 Å². The van der Waals surface area contributed by atoms with Crippen LogP contribution in [0.15, 0.2) is 91.3 Å². The fourth-order valence-electron chi connectivity index (χ4n) is 4.30. The fourth-order valence-corrected chi connectivity index (χ4v) is 4.65. The number of halogens is 1. The third-order valence-electron chi connectivity index (χ3n) is 5.69. The van der Waals surface area contributed by atoms with Gasteiger partial charge in [0.25, 0.3) is 0 Å². The number of anilines is 1. The molecular weight excluding hydrogens is 435 g/mol. The number of nitrogens with zero attached hydrogens (tertiary/aromatic N) is 3. The molecule has 0 amide bonds. The van der Waals surface area contributed by atoms with Crippen molar-refractivity contribution >= 4 is 23.0 Å². The van der Waals surface area contributed by atoms with E-state index in [0.717, 1.165) is 28.5 Å². The van der Waals surface area contributed by atoms with Crippen molar-refractivity contribution in [2.75, 3.05) is 11.5 Å². The molecule has 0 spiro atoms. The van der Waals surface area contributed by atoms with E-state index in [2.05, 4.69) is 15.2 Å². The second kappa shape index (κ2) is 9.03. The van der Waals surface area contributed by atoms with Crippen LogP contribution >= 0.6 is 12.2 Å². The normalized spacial score (nSPS) is 17.8. The maximum absolute atomic E-state index is 14.0. The van der Waals surface area contributed by atoms with Crippen LogP contribution in [0.25, 0.3) is 5.69 Å². The van der Waals surface area contributed by atoms with Crippen LogP contribution in [0.1, 0.15) is 30.4 Å². The van der Waals surface area contributed by atoms with E-state index in [1.165, 1.54) is 12.1 Å². The van der Waals surface area contributed by atoms with Gasteiger partial charge in [0.2, 0.25) is 0 Å². The van der Waals surface area contributed by atoms with E-state index in [4.69, 9.17) is 17.0 Å². The lowest BCUT2D eigenvalue weighted by atomic mass is 10.0. The first-order valence-electron chi connectivity index (χ1n) is 10.8. The van der Waals surface area contributed by atoms with Crippen LogP contribution in [-0.2, 0) is 0 Å². The third kappa shape index (κ3) is 4.07.